The summed E-state index contributed by atoms with van der Waals surface area (Å²) in [6.07, 6.45) is 4.95. The Balaban J connectivity index is 3.23. The van der Waals surface area contributed by atoms with Gasteiger partial charge >= 0.3 is 0 Å². The zero-order valence-electron chi connectivity index (χ0n) is 10.0. The van der Waals surface area contributed by atoms with Crippen LogP contribution < -0.4 is 0 Å². The van der Waals surface area contributed by atoms with Crippen LogP contribution in [0, 0.1) is 0 Å². The standard InChI is InChI=1S/C13H18O2S/c1-5-9(4)8-13(7-3)11(14)10(6-2)12(15)16-13/h5,8,14H,1,6-7H2,2-4H3/b9-8+/t13-/m0/s1. The molecule has 88 valence electrons. The molecule has 1 aliphatic heterocycles. The molecule has 0 radical (unpaired) electrons. The van der Waals surface area contributed by atoms with Gasteiger partial charge in [-0.05, 0) is 19.8 Å². The van der Waals surface area contributed by atoms with Gasteiger partial charge in [0, 0.05) is 5.57 Å². The quantitative estimate of drug-likeness (QED) is 0.758. The van der Waals surface area contributed by atoms with Crippen molar-refractivity contribution in [2.45, 2.75) is 38.4 Å². The first kappa shape index (κ1) is 13.1. The zero-order chi connectivity index (χ0) is 12.3. The van der Waals surface area contributed by atoms with E-state index in [4.69, 9.17) is 0 Å². The van der Waals surface area contributed by atoms with Crippen LogP contribution in [0.2, 0.25) is 0 Å². The molecule has 1 heterocycles. The first-order valence-corrected chi connectivity index (χ1v) is 6.30. The molecule has 0 bridgehead atoms. The van der Waals surface area contributed by atoms with Gasteiger partial charge in [0.1, 0.15) is 5.76 Å². The number of carbonyl (C=O) groups excluding carboxylic acids is 1. The average Bonchev–Trinajstić information content (AvgIpc) is 2.50. The molecule has 2 nitrogen and oxygen atoms in total. The van der Waals surface area contributed by atoms with E-state index in [1.807, 2.05) is 26.8 Å². The maximum Gasteiger partial charge on any atom is 0.220 e. The Kier molecular flexibility index (Phi) is 4.03. The summed E-state index contributed by atoms with van der Waals surface area (Å²) in [4.78, 5) is 11.8. The summed E-state index contributed by atoms with van der Waals surface area (Å²) in [5.74, 6) is 0.230. The molecule has 3 heteroatoms. The molecular formula is C13H18O2S. The molecule has 1 rings (SSSR count). The molecule has 0 amide bonds. The van der Waals surface area contributed by atoms with Gasteiger partial charge in [0.25, 0.3) is 0 Å². The largest absolute Gasteiger partial charge is 0.510 e. The molecule has 0 fully saturated rings. The number of thioether (sulfide) groups is 1. The van der Waals surface area contributed by atoms with Crippen molar-refractivity contribution in [1.82, 2.24) is 0 Å². The first-order valence-electron chi connectivity index (χ1n) is 5.48. The van der Waals surface area contributed by atoms with Crippen LogP contribution in [-0.4, -0.2) is 15.0 Å². The van der Waals surface area contributed by atoms with Crippen LogP contribution in [-0.2, 0) is 4.79 Å². The summed E-state index contributed by atoms with van der Waals surface area (Å²) >= 11 is 1.21. The number of hydrogen-bond acceptors (Lipinski definition) is 3. The Morgan fingerprint density at radius 3 is 2.56 bits per heavy atom. The third kappa shape index (κ3) is 2.09. The van der Waals surface area contributed by atoms with E-state index in [9.17, 15) is 9.90 Å². The van der Waals surface area contributed by atoms with Crippen molar-refractivity contribution in [3.8, 4) is 0 Å². The molecule has 0 saturated carbocycles. The van der Waals surface area contributed by atoms with Crippen LogP contribution >= 0.6 is 11.8 Å². The minimum absolute atomic E-state index is 0.00466. The molecule has 0 aliphatic carbocycles. The third-order valence-corrected chi connectivity index (χ3v) is 4.27. The van der Waals surface area contributed by atoms with Gasteiger partial charge in [-0.25, -0.2) is 0 Å². The van der Waals surface area contributed by atoms with Crippen molar-refractivity contribution in [2.75, 3.05) is 0 Å². The van der Waals surface area contributed by atoms with E-state index in [-0.39, 0.29) is 10.9 Å². The normalized spacial score (nSPS) is 26.4. The number of rotatable bonds is 4. The lowest BCUT2D eigenvalue weighted by Crippen LogP contribution is -2.21. The number of carbonyl (C=O) groups is 1. The Morgan fingerprint density at radius 2 is 2.19 bits per heavy atom. The topological polar surface area (TPSA) is 37.3 Å². The number of hydrogen-bond donors (Lipinski definition) is 1. The van der Waals surface area contributed by atoms with Gasteiger partial charge < -0.3 is 5.11 Å². The highest BCUT2D eigenvalue weighted by Crippen LogP contribution is 2.47. The number of aliphatic hydroxyl groups is 1. The molecule has 1 aliphatic rings. The maximum absolute atomic E-state index is 11.8. The molecule has 0 aromatic rings. The predicted molar refractivity (Wildman–Crippen MR) is 69.5 cm³/mol. The Hall–Kier alpha value is -0.960. The lowest BCUT2D eigenvalue weighted by atomic mass is 9.96. The van der Waals surface area contributed by atoms with E-state index >= 15 is 0 Å². The van der Waals surface area contributed by atoms with Gasteiger partial charge in [0.2, 0.25) is 5.12 Å². The summed E-state index contributed by atoms with van der Waals surface area (Å²) in [5, 5.41) is 10.2. The summed E-state index contributed by atoms with van der Waals surface area (Å²) in [7, 11) is 0. The van der Waals surface area contributed by atoms with Gasteiger partial charge in [0.05, 0.1) is 4.75 Å². The van der Waals surface area contributed by atoms with E-state index in [0.29, 0.717) is 18.4 Å². The van der Waals surface area contributed by atoms with Crippen molar-refractivity contribution < 1.29 is 9.90 Å². The van der Waals surface area contributed by atoms with Crippen LogP contribution in [0.4, 0.5) is 0 Å². The highest BCUT2D eigenvalue weighted by molar-refractivity contribution is 8.16. The van der Waals surface area contributed by atoms with Crippen molar-refractivity contribution in [3.63, 3.8) is 0 Å². The monoisotopic (exact) mass is 238 g/mol. The first-order chi connectivity index (χ1) is 7.50. The molecule has 0 aromatic heterocycles. The van der Waals surface area contributed by atoms with Crippen LogP contribution in [0.5, 0.6) is 0 Å². The molecule has 0 saturated heterocycles. The molecule has 0 unspecified atom stereocenters. The number of allylic oxidation sites excluding steroid dienone is 2. The smallest absolute Gasteiger partial charge is 0.220 e. The highest BCUT2D eigenvalue weighted by Gasteiger charge is 2.43. The van der Waals surface area contributed by atoms with E-state index in [1.165, 1.54) is 11.8 Å². The molecule has 0 aromatic carbocycles. The van der Waals surface area contributed by atoms with E-state index < -0.39 is 4.75 Å². The van der Waals surface area contributed by atoms with Crippen molar-refractivity contribution in [3.05, 3.63) is 35.6 Å². The summed E-state index contributed by atoms with van der Waals surface area (Å²) in [6.45, 7) is 9.48. The summed E-state index contributed by atoms with van der Waals surface area (Å²) in [5.41, 5.74) is 1.53. The second kappa shape index (κ2) is 4.91. The SMILES string of the molecule is C=C/C(C)=C/[C@]1(CC)SC(=O)C(CC)=C1O. The van der Waals surface area contributed by atoms with E-state index in [2.05, 4.69) is 6.58 Å². The lowest BCUT2D eigenvalue weighted by Gasteiger charge is -2.22. The van der Waals surface area contributed by atoms with Gasteiger partial charge in [-0.15, -0.1) is 0 Å². The fourth-order valence-electron chi connectivity index (χ4n) is 1.81. The van der Waals surface area contributed by atoms with Gasteiger partial charge in [0.15, 0.2) is 0 Å². The van der Waals surface area contributed by atoms with Crippen LogP contribution in [0.1, 0.15) is 33.6 Å². The Bertz CT molecular complexity index is 379. The van der Waals surface area contributed by atoms with Crippen molar-refractivity contribution >= 4 is 16.9 Å². The highest BCUT2D eigenvalue weighted by atomic mass is 32.2. The zero-order valence-corrected chi connectivity index (χ0v) is 10.9. The van der Waals surface area contributed by atoms with Gasteiger partial charge in [-0.1, -0.05) is 49.9 Å². The van der Waals surface area contributed by atoms with Crippen LogP contribution in [0.15, 0.2) is 35.6 Å². The minimum Gasteiger partial charge on any atom is -0.510 e. The fourth-order valence-corrected chi connectivity index (χ4v) is 3.11. The average molecular weight is 238 g/mol. The summed E-state index contributed by atoms with van der Waals surface area (Å²) < 4.78 is -0.569. The second-order valence-corrected chi connectivity index (χ2v) is 5.21. The predicted octanol–water partition coefficient (Wildman–Crippen LogP) is 3.76. The lowest BCUT2D eigenvalue weighted by molar-refractivity contribution is -0.107. The van der Waals surface area contributed by atoms with Crippen molar-refractivity contribution in [1.29, 1.82) is 0 Å². The fraction of sp³-hybridized carbons (Fsp3) is 0.462. The Labute approximate surface area is 101 Å². The minimum atomic E-state index is -0.569. The van der Waals surface area contributed by atoms with Crippen LogP contribution in [0.3, 0.4) is 0 Å². The van der Waals surface area contributed by atoms with Crippen LogP contribution in [0.25, 0.3) is 0 Å². The van der Waals surface area contributed by atoms with Crippen molar-refractivity contribution in [2.24, 2.45) is 0 Å². The third-order valence-electron chi connectivity index (χ3n) is 2.87. The number of aliphatic hydroxyl groups excluding tert-OH is 1. The van der Waals surface area contributed by atoms with E-state index in [1.54, 1.807) is 6.08 Å². The van der Waals surface area contributed by atoms with Gasteiger partial charge in [-0.3, -0.25) is 4.79 Å². The van der Waals surface area contributed by atoms with E-state index in [0.717, 1.165) is 5.57 Å². The molecular weight excluding hydrogens is 220 g/mol. The van der Waals surface area contributed by atoms with Gasteiger partial charge in [-0.2, -0.15) is 0 Å². The molecule has 16 heavy (non-hydrogen) atoms. The molecule has 0 spiro atoms. The Morgan fingerprint density at radius 1 is 1.56 bits per heavy atom. The second-order valence-electron chi connectivity index (χ2n) is 3.91. The molecule has 1 N–H and O–H groups in total. The summed E-state index contributed by atoms with van der Waals surface area (Å²) in [6, 6.07) is 0. The molecule has 1 atom stereocenters. The maximum atomic E-state index is 11.8.